The summed E-state index contributed by atoms with van der Waals surface area (Å²) in [6.07, 6.45) is -0.860. The lowest BCUT2D eigenvalue weighted by atomic mass is 10.0. The molecule has 22 heavy (non-hydrogen) atoms. The van der Waals surface area contributed by atoms with Crippen LogP contribution in [-0.4, -0.2) is 65.3 Å². The molecule has 0 spiro atoms. The lowest BCUT2D eigenvalue weighted by Gasteiger charge is -2.20. The molecule has 1 aromatic heterocycles. The lowest BCUT2D eigenvalue weighted by Crippen LogP contribution is -2.33. The van der Waals surface area contributed by atoms with Gasteiger partial charge in [-0.2, -0.15) is 0 Å². The normalized spacial score (nSPS) is 23.5. The van der Waals surface area contributed by atoms with E-state index in [1.807, 2.05) is 4.90 Å². The number of nitrogens with zero attached hydrogens (tertiary/aromatic N) is 4. The molecule has 0 saturated carbocycles. The minimum atomic E-state index is -0.860. The SMILES string of the molecule is COC(=O)c1cc(C)nc(N2CC3CN(C(=O)O)CC3C2)n1. The van der Waals surface area contributed by atoms with Crippen molar-refractivity contribution in [3.63, 3.8) is 0 Å². The maximum Gasteiger partial charge on any atom is 0.407 e. The van der Waals surface area contributed by atoms with Crippen molar-refractivity contribution in [2.75, 3.05) is 38.2 Å². The zero-order chi connectivity index (χ0) is 15.9. The first-order valence-electron chi connectivity index (χ1n) is 7.14. The Morgan fingerprint density at radius 3 is 2.41 bits per heavy atom. The molecule has 8 heteroatoms. The van der Waals surface area contributed by atoms with E-state index in [-0.39, 0.29) is 5.69 Å². The van der Waals surface area contributed by atoms with Gasteiger partial charge in [-0.1, -0.05) is 0 Å². The molecule has 2 fully saturated rings. The van der Waals surface area contributed by atoms with Crippen molar-refractivity contribution < 1.29 is 19.4 Å². The maximum absolute atomic E-state index is 11.6. The van der Waals surface area contributed by atoms with Gasteiger partial charge in [-0.3, -0.25) is 0 Å². The van der Waals surface area contributed by atoms with Crippen LogP contribution in [0.4, 0.5) is 10.7 Å². The number of ether oxygens (including phenoxy) is 1. The average molecular weight is 306 g/mol. The monoisotopic (exact) mass is 306 g/mol. The average Bonchev–Trinajstić information content (AvgIpc) is 3.04. The molecule has 0 radical (unpaired) electrons. The number of aryl methyl sites for hydroxylation is 1. The Hall–Kier alpha value is -2.38. The van der Waals surface area contributed by atoms with Crippen LogP contribution in [-0.2, 0) is 4.74 Å². The van der Waals surface area contributed by atoms with Crippen LogP contribution in [0.3, 0.4) is 0 Å². The van der Waals surface area contributed by atoms with E-state index in [0.29, 0.717) is 49.7 Å². The summed E-state index contributed by atoms with van der Waals surface area (Å²) in [5.74, 6) is 0.614. The first kappa shape index (κ1) is 14.6. The van der Waals surface area contributed by atoms with E-state index >= 15 is 0 Å². The third-order valence-electron chi connectivity index (χ3n) is 4.28. The predicted molar refractivity (Wildman–Crippen MR) is 76.9 cm³/mol. The fraction of sp³-hybridized carbons (Fsp3) is 0.571. The molecular weight excluding hydrogens is 288 g/mol. The first-order valence-corrected chi connectivity index (χ1v) is 7.14. The molecule has 2 unspecified atom stereocenters. The Kier molecular flexibility index (Phi) is 3.59. The van der Waals surface area contributed by atoms with Crippen molar-refractivity contribution >= 4 is 18.0 Å². The second-order valence-electron chi connectivity index (χ2n) is 5.80. The van der Waals surface area contributed by atoms with Gasteiger partial charge in [0.05, 0.1) is 7.11 Å². The summed E-state index contributed by atoms with van der Waals surface area (Å²) in [5, 5.41) is 9.05. The highest BCUT2D eigenvalue weighted by molar-refractivity contribution is 5.87. The fourth-order valence-electron chi connectivity index (χ4n) is 3.22. The van der Waals surface area contributed by atoms with Crippen LogP contribution in [0.5, 0.6) is 0 Å². The third kappa shape index (κ3) is 2.56. The molecule has 2 aliphatic rings. The highest BCUT2D eigenvalue weighted by atomic mass is 16.5. The molecule has 2 saturated heterocycles. The second-order valence-corrected chi connectivity index (χ2v) is 5.80. The van der Waals surface area contributed by atoms with Gasteiger partial charge in [-0.25, -0.2) is 19.6 Å². The van der Waals surface area contributed by atoms with Crippen LogP contribution in [0.2, 0.25) is 0 Å². The molecule has 1 N–H and O–H groups in total. The number of likely N-dealkylation sites (tertiary alicyclic amines) is 1. The summed E-state index contributed by atoms with van der Waals surface area (Å²) < 4.78 is 4.70. The smallest absolute Gasteiger partial charge is 0.407 e. The highest BCUT2D eigenvalue weighted by Crippen LogP contribution is 2.32. The number of carboxylic acid groups (broad SMARTS) is 1. The van der Waals surface area contributed by atoms with Crippen LogP contribution >= 0.6 is 0 Å². The molecule has 0 aliphatic carbocycles. The summed E-state index contributed by atoms with van der Waals surface area (Å²) in [4.78, 5) is 34.8. The number of hydrogen-bond acceptors (Lipinski definition) is 6. The van der Waals surface area contributed by atoms with Gasteiger partial charge in [0.1, 0.15) is 0 Å². The van der Waals surface area contributed by atoms with Crippen molar-refractivity contribution in [2.24, 2.45) is 11.8 Å². The van der Waals surface area contributed by atoms with E-state index in [4.69, 9.17) is 9.84 Å². The zero-order valence-corrected chi connectivity index (χ0v) is 12.5. The molecule has 2 aliphatic heterocycles. The maximum atomic E-state index is 11.6. The summed E-state index contributed by atoms with van der Waals surface area (Å²) in [5.41, 5.74) is 0.948. The zero-order valence-electron chi connectivity index (χ0n) is 12.5. The standard InChI is InChI=1S/C14H18N4O4/c1-8-3-11(12(19)22-2)16-13(15-8)17-4-9-6-18(14(20)21)7-10(9)5-17/h3,9-10H,4-7H2,1-2H3,(H,20,21). The summed E-state index contributed by atoms with van der Waals surface area (Å²) in [6, 6.07) is 1.60. The molecule has 1 amide bonds. The van der Waals surface area contributed by atoms with Crippen molar-refractivity contribution in [1.29, 1.82) is 0 Å². The Morgan fingerprint density at radius 2 is 1.86 bits per heavy atom. The highest BCUT2D eigenvalue weighted by Gasteiger charge is 2.42. The molecule has 1 aromatic rings. The van der Waals surface area contributed by atoms with E-state index in [9.17, 15) is 9.59 Å². The van der Waals surface area contributed by atoms with Crippen LogP contribution < -0.4 is 4.90 Å². The van der Waals surface area contributed by atoms with Gasteiger partial charge in [0, 0.05) is 43.7 Å². The Balaban J connectivity index is 1.76. The first-order chi connectivity index (χ1) is 10.5. The van der Waals surface area contributed by atoms with Gasteiger partial charge < -0.3 is 19.6 Å². The van der Waals surface area contributed by atoms with Gasteiger partial charge in [0.25, 0.3) is 0 Å². The van der Waals surface area contributed by atoms with Crippen LogP contribution in [0, 0.1) is 18.8 Å². The summed E-state index contributed by atoms with van der Waals surface area (Å²) >= 11 is 0. The van der Waals surface area contributed by atoms with Crippen molar-refractivity contribution in [3.8, 4) is 0 Å². The van der Waals surface area contributed by atoms with Crippen molar-refractivity contribution in [2.45, 2.75) is 6.92 Å². The molecular formula is C14H18N4O4. The quantitative estimate of drug-likeness (QED) is 0.800. The number of methoxy groups -OCH3 is 1. The number of hydrogen-bond donors (Lipinski definition) is 1. The number of anilines is 1. The van der Waals surface area contributed by atoms with E-state index in [1.165, 1.54) is 12.0 Å². The van der Waals surface area contributed by atoms with Crippen LogP contribution in [0.15, 0.2) is 6.07 Å². The Morgan fingerprint density at radius 1 is 1.23 bits per heavy atom. The number of carbonyl (C=O) groups excluding carboxylic acids is 1. The minimum Gasteiger partial charge on any atom is -0.465 e. The minimum absolute atomic E-state index is 0.245. The van der Waals surface area contributed by atoms with Gasteiger partial charge >= 0.3 is 12.1 Å². The Bertz CT molecular complexity index is 607. The van der Waals surface area contributed by atoms with E-state index in [2.05, 4.69) is 9.97 Å². The number of rotatable bonds is 2. The molecule has 8 nitrogen and oxygen atoms in total. The number of fused-ring (bicyclic) bond motifs is 1. The van der Waals surface area contributed by atoms with Gasteiger partial charge in [0.15, 0.2) is 5.69 Å². The number of carbonyl (C=O) groups is 2. The molecule has 3 rings (SSSR count). The predicted octanol–water partition coefficient (Wildman–Crippen LogP) is 0.618. The van der Waals surface area contributed by atoms with E-state index in [0.717, 1.165) is 0 Å². The lowest BCUT2D eigenvalue weighted by molar-refractivity contribution is 0.0593. The van der Waals surface area contributed by atoms with Crippen molar-refractivity contribution in [3.05, 3.63) is 17.5 Å². The molecule has 3 heterocycles. The molecule has 0 aromatic carbocycles. The second kappa shape index (κ2) is 5.43. The number of aromatic nitrogens is 2. The van der Waals surface area contributed by atoms with E-state index in [1.54, 1.807) is 13.0 Å². The van der Waals surface area contributed by atoms with Crippen molar-refractivity contribution in [1.82, 2.24) is 14.9 Å². The molecule has 0 bridgehead atoms. The van der Waals surface area contributed by atoms with Gasteiger partial charge in [0.2, 0.25) is 5.95 Å². The van der Waals surface area contributed by atoms with Crippen LogP contribution in [0.25, 0.3) is 0 Å². The number of amides is 1. The van der Waals surface area contributed by atoms with Crippen LogP contribution in [0.1, 0.15) is 16.2 Å². The largest absolute Gasteiger partial charge is 0.465 e. The van der Waals surface area contributed by atoms with Gasteiger partial charge in [-0.05, 0) is 13.0 Å². The topological polar surface area (TPSA) is 95.9 Å². The molecule has 2 atom stereocenters. The number of esters is 1. The molecule has 118 valence electrons. The Labute approximate surface area is 127 Å². The van der Waals surface area contributed by atoms with Gasteiger partial charge in [-0.15, -0.1) is 0 Å². The fourth-order valence-corrected chi connectivity index (χ4v) is 3.22. The third-order valence-corrected chi connectivity index (χ3v) is 4.28. The summed E-state index contributed by atoms with van der Waals surface area (Å²) in [6.45, 7) is 4.32. The summed E-state index contributed by atoms with van der Waals surface area (Å²) in [7, 11) is 1.32. The van der Waals surface area contributed by atoms with E-state index < -0.39 is 12.1 Å².